The predicted octanol–water partition coefficient (Wildman–Crippen LogP) is 3.29. The lowest BCUT2D eigenvalue weighted by atomic mass is 10.1. The lowest BCUT2D eigenvalue weighted by molar-refractivity contribution is 0.334. The minimum Gasteiger partial charge on any atom is -0.315 e. The van der Waals surface area contributed by atoms with E-state index in [-0.39, 0.29) is 24.5 Å². The number of hydrogen-bond donors (Lipinski definition) is 1. The van der Waals surface area contributed by atoms with Crippen LogP contribution in [0.5, 0.6) is 0 Å². The van der Waals surface area contributed by atoms with E-state index in [0.29, 0.717) is 4.90 Å². The molecule has 2 heterocycles. The van der Waals surface area contributed by atoms with Crippen LogP contribution in [-0.4, -0.2) is 37.9 Å². The van der Waals surface area contributed by atoms with Crippen LogP contribution in [0.1, 0.15) is 19.3 Å². The summed E-state index contributed by atoms with van der Waals surface area (Å²) >= 11 is 0. The Morgan fingerprint density at radius 3 is 2.40 bits per heavy atom. The van der Waals surface area contributed by atoms with E-state index in [1.54, 1.807) is 10.4 Å². The third-order valence-electron chi connectivity index (χ3n) is 5.10. The van der Waals surface area contributed by atoms with Gasteiger partial charge in [0.05, 0.1) is 4.90 Å². The van der Waals surface area contributed by atoms with Gasteiger partial charge in [0.25, 0.3) is 0 Å². The van der Waals surface area contributed by atoms with Gasteiger partial charge in [-0.25, -0.2) is 8.42 Å². The van der Waals surface area contributed by atoms with Crippen molar-refractivity contribution in [1.29, 1.82) is 0 Å². The quantitative estimate of drug-likeness (QED) is 0.891. The van der Waals surface area contributed by atoms with Crippen LogP contribution in [0.15, 0.2) is 59.5 Å². The van der Waals surface area contributed by atoms with E-state index in [9.17, 15) is 8.42 Å². The smallest absolute Gasteiger partial charge is 0.243 e. The average molecular weight is 379 g/mol. The molecule has 2 atom stereocenters. The zero-order valence-corrected chi connectivity index (χ0v) is 15.6. The first kappa shape index (κ1) is 18.4. The van der Waals surface area contributed by atoms with Crippen molar-refractivity contribution in [2.24, 2.45) is 0 Å². The number of nitrogens with one attached hydrogen (secondary N) is 1. The molecule has 2 fully saturated rings. The Bertz CT molecular complexity index is 812. The molecule has 25 heavy (non-hydrogen) atoms. The maximum Gasteiger partial charge on any atom is 0.243 e. The first-order chi connectivity index (χ1) is 11.7. The van der Waals surface area contributed by atoms with E-state index >= 15 is 0 Å². The first-order valence-corrected chi connectivity index (χ1v) is 10.00. The summed E-state index contributed by atoms with van der Waals surface area (Å²) in [7, 11) is -3.46. The van der Waals surface area contributed by atoms with Gasteiger partial charge in [-0.1, -0.05) is 42.5 Å². The van der Waals surface area contributed by atoms with E-state index in [4.69, 9.17) is 0 Å². The standard InChI is InChI=1S/C19H22N2O2S.ClH/c22-24(23,21-17-9-10-18(21)14-20-12-11-17)19-8-4-7-16(13-19)15-5-2-1-3-6-15;/h1-8,13,17-18,20H,9-12,14H2;1H. The second kappa shape index (κ2) is 7.46. The molecule has 2 aliphatic heterocycles. The molecule has 1 N–H and O–H groups in total. The molecular formula is C19H23ClN2O2S. The van der Waals surface area contributed by atoms with Crippen LogP contribution in [0.25, 0.3) is 11.1 Å². The topological polar surface area (TPSA) is 49.4 Å². The van der Waals surface area contributed by atoms with Gasteiger partial charge in [-0.3, -0.25) is 0 Å². The highest BCUT2D eigenvalue weighted by Crippen LogP contribution is 2.34. The molecule has 0 aliphatic carbocycles. The average Bonchev–Trinajstić information content (AvgIpc) is 2.89. The molecule has 4 nitrogen and oxygen atoms in total. The summed E-state index contributed by atoms with van der Waals surface area (Å²) in [6.45, 7) is 1.66. The summed E-state index contributed by atoms with van der Waals surface area (Å²) in [6, 6.07) is 17.5. The van der Waals surface area contributed by atoms with Gasteiger partial charge in [-0.15, -0.1) is 12.4 Å². The molecule has 6 heteroatoms. The number of fused-ring (bicyclic) bond motifs is 2. The summed E-state index contributed by atoms with van der Waals surface area (Å²) in [4.78, 5) is 0.405. The van der Waals surface area contributed by atoms with Gasteiger partial charge in [0.15, 0.2) is 0 Å². The maximum atomic E-state index is 13.3. The van der Waals surface area contributed by atoms with E-state index in [1.165, 1.54) is 0 Å². The Labute approximate surface area is 155 Å². The molecular weight excluding hydrogens is 356 g/mol. The van der Waals surface area contributed by atoms with Gasteiger partial charge in [0.2, 0.25) is 10.0 Å². The van der Waals surface area contributed by atoms with Gasteiger partial charge in [0, 0.05) is 18.6 Å². The van der Waals surface area contributed by atoms with Crippen molar-refractivity contribution >= 4 is 22.4 Å². The maximum absolute atomic E-state index is 13.3. The van der Waals surface area contributed by atoms with E-state index < -0.39 is 10.0 Å². The summed E-state index contributed by atoms with van der Waals surface area (Å²) in [5.74, 6) is 0. The minimum atomic E-state index is -3.46. The molecule has 0 spiro atoms. The highest BCUT2D eigenvalue weighted by Gasteiger charge is 2.42. The predicted molar refractivity (Wildman–Crippen MR) is 102 cm³/mol. The lowest BCUT2D eigenvalue weighted by Gasteiger charge is -2.27. The fraction of sp³-hybridized carbons (Fsp3) is 0.368. The number of rotatable bonds is 3. The van der Waals surface area contributed by atoms with Crippen molar-refractivity contribution in [2.75, 3.05) is 13.1 Å². The summed E-state index contributed by atoms with van der Waals surface area (Å²) in [5.41, 5.74) is 1.98. The van der Waals surface area contributed by atoms with Crippen LogP contribution < -0.4 is 5.32 Å². The van der Waals surface area contributed by atoms with Crippen molar-refractivity contribution in [1.82, 2.24) is 9.62 Å². The van der Waals surface area contributed by atoms with Gasteiger partial charge in [-0.05, 0) is 49.1 Å². The van der Waals surface area contributed by atoms with Crippen LogP contribution in [0, 0.1) is 0 Å². The van der Waals surface area contributed by atoms with Crippen LogP contribution >= 0.6 is 12.4 Å². The third-order valence-corrected chi connectivity index (χ3v) is 7.10. The number of sulfonamides is 1. The molecule has 134 valence electrons. The highest BCUT2D eigenvalue weighted by atomic mass is 35.5. The third kappa shape index (κ3) is 3.47. The van der Waals surface area contributed by atoms with E-state index in [2.05, 4.69) is 5.32 Å². The fourth-order valence-corrected chi connectivity index (χ4v) is 5.86. The number of halogens is 1. The van der Waals surface area contributed by atoms with Gasteiger partial charge >= 0.3 is 0 Å². The van der Waals surface area contributed by atoms with E-state index in [0.717, 1.165) is 43.5 Å². The van der Waals surface area contributed by atoms with Crippen molar-refractivity contribution in [3.05, 3.63) is 54.6 Å². The molecule has 4 rings (SSSR count). The Morgan fingerprint density at radius 1 is 0.880 bits per heavy atom. The zero-order chi connectivity index (χ0) is 16.6. The minimum absolute atomic E-state index is 0. The summed E-state index contributed by atoms with van der Waals surface area (Å²) < 4.78 is 28.3. The number of nitrogens with zero attached hydrogens (tertiary/aromatic N) is 1. The lowest BCUT2D eigenvalue weighted by Crippen LogP contribution is -2.42. The summed E-state index contributed by atoms with van der Waals surface area (Å²) in [6.07, 6.45) is 2.83. The van der Waals surface area contributed by atoms with Gasteiger partial charge in [-0.2, -0.15) is 4.31 Å². The van der Waals surface area contributed by atoms with Crippen LogP contribution in [0.3, 0.4) is 0 Å². The highest BCUT2D eigenvalue weighted by molar-refractivity contribution is 7.89. The zero-order valence-electron chi connectivity index (χ0n) is 14.0. The SMILES string of the molecule is Cl.O=S(=O)(c1cccc(-c2ccccc2)c1)N1C2CCNCC1CC2. The molecule has 2 aromatic carbocycles. The Hall–Kier alpha value is -1.40. The first-order valence-electron chi connectivity index (χ1n) is 8.56. The van der Waals surface area contributed by atoms with Crippen molar-refractivity contribution in [3.8, 4) is 11.1 Å². The number of benzene rings is 2. The normalized spacial score (nSPS) is 23.7. The van der Waals surface area contributed by atoms with Crippen LogP contribution in [0.4, 0.5) is 0 Å². The monoisotopic (exact) mass is 378 g/mol. The van der Waals surface area contributed by atoms with Crippen molar-refractivity contribution < 1.29 is 8.42 Å². The Kier molecular flexibility index (Phi) is 5.49. The van der Waals surface area contributed by atoms with Crippen molar-refractivity contribution in [3.63, 3.8) is 0 Å². The molecule has 0 saturated carbocycles. The fourth-order valence-electron chi connectivity index (χ4n) is 3.92. The molecule has 0 aromatic heterocycles. The molecule has 2 aromatic rings. The molecule has 2 aliphatic rings. The molecule has 2 saturated heterocycles. The molecule has 0 amide bonds. The second-order valence-electron chi connectivity index (χ2n) is 6.61. The molecule has 0 radical (unpaired) electrons. The second-order valence-corrected chi connectivity index (χ2v) is 8.45. The van der Waals surface area contributed by atoms with Gasteiger partial charge in [0.1, 0.15) is 0 Å². The number of hydrogen-bond acceptors (Lipinski definition) is 3. The van der Waals surface area contributed by atoms with Crippen LogP contribution in [-0.2, 0) is 10.0 Å². The molecule has 2 unspecified atom stereocenters. The molecule has 2 bridgehead atoms. The van der Waals surface area contributed by atoms with Crippen LogP contribution in [0.2, 0.25) is 0 Å². The van der Waals surface area contributed by atoms with E-state index in [1.807, 2.05) is 48.5 Å². The Morgan fingerprint density at radius 2 is 1.60 bits per heavy atom. The summed E-state index contributed by atoms with van der Waals surface area (Å²) in [5, 5.41) is 3.36. The Balaban J connectivity index is 0.00000182. The van der Waals surface area contributed by atoms with Gasteiger partial charge < -0.3 is 5.32 Å². The van der Waals surface area contributed by atoms with Crippen molar-refractivity contribution in [2.45, 2.75) is 36.2 Å². The largest absolute Gasteiger partial charge is 0.315 e.